The van der Waals surface area contributed by atoms with Crippen LogP contribution in [-0.2, 0) is 4.79 Å². The molecule has 0 radical (unpaired) electrons. The zero-order valence-electron chi connectivity index (χ0n) is 7.17. The molecule has 1 N–H and O–H groups in total. The summed E-state index contributed by atoms with van der Waals surface area (Å²) in [5, 5.41) is 9.29. The van der Waals surface area contributed by atoms with Crippen molar-refractivity contribution in [1.82, 2.24) is 0 Å². The summed E-state index contributed by atoms with van der Waals surface area (Å²) in [7, 11) is 0. The van der Waals surface area contributed by atoms with Crippen molar-refractivity contribution in [1.29, 1.82) is 0 Å². The fourth-order valence-electron chi connectivity index (χ4n) is 0.836. The van der Waals surface area contributed by atoms with Crippen LogP contribution in [-0.4, -0.2) is 17.7 Å². The van der Waals surface area contributed by atoms with Crippen LogP contribution in [0.15, 0.2) is 18.2 Å². The maximum Gasteiger partial charge on any atom is 0.306 e. The predicted molar refractivity (Wildman–Crippen MR) is 54.2 cm³/mol. The molecule has 0 saturated heterocycles. The molecule has 3 nitrogen and oxygen atoms in total. The van der Waals surface area contributed by atoms with E-state index >= 15 is 0 Å². The first kappa shape index (κ1) is 11.1. The van der Waals surface area contributed by atoms with Crippen LogP contribution < -0.4 is 4.74 Å². The molecule has 0 unspecified atom stereocenters. The summed E-state index contributed by atoms with van der Waals surface area (Å²) in [4.78, 5) is 10.2. The van der Waals surface area contributed by atoms with Gasteiger partial charge in [-0.05, 0) is 12.1 Å². The molecule has 0 spiro atoms. The van der Waals surface area contributed by atoms with E-state index in [1.165, 1.54) is 0 Å². The molecular weight excluding hydrogens is 227 g/mol. The summed E-state index contributed by atoms with van der Waals surface area (Å²) in [6.45, 7) is 0.0788. The van der Waals surface area contributed by atoms with E-state index in [-0.39, 0.29) is 13.0 Å². The maximum atomic E-state index is 10.2. The Morgan fingerprint density at radius 3 is 2.79 bits per heavy atom. The lowest BCUT2D eigenvalue weighted by molar-refractivity contribution is -0.137. The van der Waals surface area contributed by atoms with Crippen LogP contribution >= 0.6 is 23.2 Å². The number of hydrogen-bond donors (Lipinski definition) is 1. The molecule has 76 valence electrons. The van der Waals surface area contributed by atoms with Crippen LogP contribution in [0.3, 0.4) is 0 Å². The smallest absolute Gasteiger partial charge is 0.306 e. The van der Waals surface area contributed by atoms with Gasteiger partial charge in [0.1, 0.15) is 5.75 Å². The quantitative estimate of drug-likeness (QED) is 0.872. The first-order valence-corrected chi connectivity index (χ1v) is 4.65. The number of hydrogen-bond acceptors (Lipinski definition) is 2. The van der Waals surface area contributed by atoms with Crippen molar-refractivity contribution in [3.05, 3.63) is 28.2 Å². The summed E-state index contributed by atoms with van der Waals surface area (Å²) >= 11 is 11.5. The number of carbonyl (C=O) groups is 1. The maximum absolute atomic E-state index is 10.2. The number of carboxylic acids is 1. The Morgan fingerprint density at radius 1 is 1.43 bits per heavy atom. The SMILES string of the molecule is O=C(O)CCOc1cc(Cl)ccc1Cl. The van der Waals surface area contributed by atoms with E-state index in [1.54, 1.807) is 18.2 Å². The fourth-order valence-corrected chi connectivity index (χ4v) is 1.17. The van der Waals surface area contributed by atoms with Gasteiger partial charge in [-0.3, -0.25) is 4.79 Å². The summed E-state index contributed by atoms with van der Waals surface area (Å²) in [6, 6.07) is 4.78. The molecule has 1 aromatic rings. The summed E-state index contributed by atoms with van der Waals surface area (Å²) in [5.74, 6) is -0.511. The molecule has 14 heavy (non-hydrogen) atoms. The van der Waals surface area contributed by atoms with E-state index in [2.05, 4.69) is 0 Å². The Hall–Kier alpha value is -0.930. The van der Waals surface area contributed by atoms with Crippen LogP contribution in [0.4, 0.5) is 0 Å². The molecule has 0 aliphatic carbocycles. The Balaban J connectivity index is 2.57. The van der Waals surface area contributed by atoms with Crippen LogP contribution in [0.1, 0.15) is 6.42 Å². The number of carboxylic acid groups (broad SMARTS) is 1. The van der Waals surface area contributed by atoms with Gasteiger partial charge in [-0.2, -0.15) is 0 Å². The molecule has 5 heteroatoms. The van der Waals surface area contributed by atoms with Crippen molar-refractivity contribution in [3.63, 3.8) is 0 Å². The van der Waals surface area contributed by atoms with Crippen molar-refractivity contribution >= 4 is 29.2 Å². The summed E-state index contributed by atoms with van der Waals surface area (Å²) in [6.07, 6.45) is -0.0666. The third kappa shape index (κ3) is 3.44. The minimum Gasteiger partial charge on any atom is -0.491 e. The van der Waals surface area contributed by atoms with E-state index in [9.17, 15) is 4.79 Å². The molecule has 1 aromatic carbocycles. The predicted octanol–water partition coefficient (Wildman–Crippen LogP) is 2.85. The topological polar surface area (TPSA) is 46.5 Å². The molecular formula is C9H8Cl2O3. The van der Waals surface area contributed by atoms with Gasteiger partial charge < -0.3 is 9.84 Å². The van der Waals surface area contributed by atoms with Gasteiger partial charge in [0.25, 0.3) is 0 Å². The molecule has 0 saturated carbocycles. The molecule has 0 bridgehead atoms. The summed E-state index contributed by atoms with van der Waals surface area (Å²) < 4.78 is 5.13. The molecule has 0 amide bonds. The number of halogens is 2. The second-order valence-corrected chi connectivity index (χ2v) is 3.41. The highest BCUT2D eigenvalue weighted by atomic mass is 35.5. The van der Waals surface area contributed by atoms with Crippen molar-refractivity contribution in [2.45, 2.75) is 6.42 Å². The van der Waals surface area contributed by atoms with Crippen LogP contribution in [0.25, 0.3) is 0 Å². The van der Waals surface area contributed by atoms with Crippen molar-refractivity contribution in [3.8, 4) is 5.75 Å². The van der Waals surface area contributed by atoms with Gasteiger partial charge in [-0.25, -0.2) is 0 Å². The molecule has 0 fully saturated rings. The number of rotatable bonds is 4. The fraction of sp³-hybridized carbons (Fsp3) is 0.222. The second-order valence-electron chi connectivity index (χ2n) is 2.57. The van der Waals surface area contributed by atoms with E-state index in [0.717, 1.165) is 0 Å². The van der Waals surface area contributed by atoms with E-state index in [1.807, 2.05) is 0 Å². The molecule has 0 atom stereocenters. The zero-order valence-corrected chi connectivity index (χ0v) is 8.68. The Bertz CT molecular complexity index is 339. The van der Waals surface area contributed by atoms with Crippen LogP contribution in [0.2, 0.25) is 10.0 Å². The van der Waals surface area contributed by atoms with Gasteiger partial charge in [-0.1, -0.05) is 23.2 Å². The van der Waals surface area contributed by atoms with Gasteiger partial charge in [0.2, 0.25) is 0 Å². The zero-order chi connectivity index (χ0) is 10.6. The highest BCUT2D eigenvalue weighted by Crippen LogP contribution is 2.27. The first-order valence-electron chi connectivity index (χ1n) is 3.89. The molecule has 1 rings (SSSR count). The van der Waals surface area contributed by atoms with Gasteiger partial charge in [0.15, 0.2) is 0 Å². The standard InChI is InChI=1S/C9H8Cl2O3/c10-6-1-2-7(11)8(5-6)14-4-3-9(12)13/h1-2,5H,3-4H2,(H,12,13). The third-order valence-electron chi connectivity index (χ3n) is 1.47. The first-order chi connectivity index (χ1) is 6.59. The molecule has 0 aliphatic rings. The minimum atomic E-state index is -0.914. The monoisotopic (exact) mass is 234 g/mol. The Labute approximate surface area is 91.2 Å². The number of benzene rings is 1. The molecule has 0 heterocycles. The van der Waals surface area contributed by atoms with E-state index < -0.39 is 5.97 Å². The average molecular weight is 235 g/mol. The van der Waals surface area contributed by atoms with Crippen molar-refractivity contribution in [2.24, 2.45) is 0 Å². The largest absolute Gasteiger partial charge is 0.491 e. The highest BCUT2D eigenvalue weighted by molar-refractivity contribution is 6.34. The normalized spacial score (nSPS) is 9.86. The third-order valence-corrected chi connectivity index (χ3v) is 2.01. The van der Waals surface area contributed by atoms with Crippen molar-refractivity contribution < 1.29 is 14.6 Å². The second kappa shape index (κ2) is 5.08. The number of aliphatic carboxylic acids is 1. The number of ether oxygens (including phenoxy) is 1. The summed E-state index contributed by atoms with van der Waals surface area (Å²) in [5.41, 5.74) is 0. The van der Waals surface area contributed by atoms with E-state index in [0.29, 0.717) is 15.8 Å². The molecule has 0 aliphatic heterocycles. The Morgan fingerprint density at radius 2 is 2.14 bits per heavy atom. The van der Waals surface area contributed by atoms with Gasteiger partial charge in [0, 0.05) is 11.1 Å². The van der Waals surface area contributed by atoms with Gasteiger partial charge in [0.05, 0.1) is 18.1 Å². The van der Waals surface area contributed by atoms with E-state index in [4.69, 9.17) is 33.0 Å². The van der Waals surface area contributed by atoms with Crippen molar-refractivity contribution in [2.75, 3.05) is 6.61 Å². The molecule has 0 aromatic heterocycles. The highest BCUT2D eigenvalue weighted by Gasteiger charge is 2.03. The van der Waals surface area contributed by atoms with Crippen LogP contribution in [0.5, 0.6) is 5.75 Å². The average Bonchev–Trinajstić information content (AvgIpc) is 2.10. The van der Waals surface area contributed by atoms with Crippen LogP contribution in [0, 0.1) is 0 Å². The minimum absolute atomic E-state index is 0.0666. The lowest BCUT2D eigenvalue weighted by atomic mass is 10.3. The Kier molecular flexibility index (Phi) is 4.04. The van der Waals surface area contributed by atoms with Gasteiger partial charge >= 0.3 is 5.97 Å². The lowest BCUT2D eigenvalue weighted by Crippen LogP contribution is -2.04. The lowest BCUT2D eigenvalue weighted by Gasteiger charge is -2.06. The van der Waals surface area contributed by atoms with Gasteiger partial charge in [-0.15, -0.1) is 0 Å².